The standard InChI is InChI=1S/C23H28Cl2O5/c1-13(26)30-12-19(28)22(29)9-7-16-17-5-4-14-10-15(27)6-8-20(14,2)23(17,25)18(24)11-21(16,22)3/h6,8,10,16-18,29H,4-5,7,9,11-12H2,1-3H3/t16-,17-,18+,20+,21-,22-,23-/m1/s1. The molecule has 3 fully saturated rings. The van der Waals surface area contributed by atoms with E-state index in [1.165, 1.54) is 6.92 Å². The average molecular weight is 455 g/mol. The van der Waals surface area contributed by atoms with Crippen LogP contribution >= 0.6 is 23.2 Å². The maximum absolute atomic E-state index is 12.9. The summed E-state index contributed by atoms with van der Waals surface area (Å²) in [4.78, 5) is 35.3. The Bertz CT molecular complexity index is 881. The first-order valence-electron chi connectivity index (χ1n) is 10.6. The molecule has 0 spiro atoms. The summed E-state index contributed by atoms with van der Waals surface area (Å²) in [6, 6.07) is 0. The number of ether oxygens (including phenoxy) is 1. The molecule has 4 rings (SSSR count). The number of Topliss-reactive ketones (excluding diaryl/α,β-unsaturated/α-hetero) is 1. The first kappa shape index (κ1) is 22.0. The second-order valence-corrected chi connectivity index (χ2v) is 11.0. The van der Waals surface area contributed by atoms with Crippen molar-refractivity contribution in [2.75, 3.05) is 6.61 Å². The molecule has 5 nitrogen and oxygen atoms in total. The summed E-state index contributed by atoms with van der Waals surface area (Å²) in [5.41, 5.74) is -1.91. The molecule has 0 heterocycles. The van der Waals surface area contributed by atoms with Crippen molar-refractivity contribution >= 4 is 40.7 Å². The molecule has 0 aromatic rings. The Hall–Kier alpha value is -1.17. The van der Waals surface area contributed by atoms with E-state index >= 15 is 0 Å². The second kappa shape index (κ2) is 6.91. The van der Waals surface area contributed by atoms with E-state index in [0.717, 1.165) is 18.4 Å². The van der Waals surface area contributed by atoms with Crippen LogP contribution in [0.4, 0.5) is 0 Å². The molecule has 0 saturated heterocycles. The van der Waals surface area contributed by atoms with Crippen LogP contribution in [0.25, 0.3) is 0 Å². The normalized spacial score (nSPS) is 47.1. The Kier molecular flexibility index (Phi) is 5.08. The van der Waals surface area contributed by atoms with Crippen molar-refractivity contribution < 1.29 is 24.2 Å². The van der Waals surface area contributed by atoms with E-state index in [2.05, 4.69) is 0 Å². The maximum atomic E-state index is 12.9. The smallest absolute Gasteiger partial charge is 0.303 e. The summed E-state index contributed by atoms with van der Waals surface area (Å²) in [7, 11) is 0. The van der Waals surface area contributed by atoms with Gasteiger partial charge in [-0.1, -0.05) is 25.5 Å². The molecule has 3 saturated carbocycles. The monoisotopic (exact) mass is 454 g/mol. The van der Waals surface area contributed by atoms with Crippen molar-refractivity contribution in [2.45, 2.75) is 68.7 Å². The van der Waals surface area contributed by atoms with Gasteiger partial charge in [-0.25, -0.2) is 0 Å². The number of hydrogen-bond acceptors (Lipinski definition) is 5. The molecule has 0 bridgehead atoms. The first-order valence-corrected chi connectivity index (χ1v) is 11.4. The van der Waals surface area contributed by atoms with Gasteiger partial charge in [-0.15, -0.1) is 23.2 Å². The van der Waals surface area contributed by atoms with Gasteiger partial charge in [0, 0.05) is 17.8 Å². The zero-order chi connectivity index (χ0) is 22.1. The van der Waals surface area contributed by atoms with Crippen LogP contribution in [0.2, 0.25) is 0 Å². The number of rotatable bonds is 3. The molecule has 4 aliphatic rings. The third kappa shape index (κ3) is 2.67. The van der Waals surface area contributed by atoms with Crippen molar-refractivity contribution in [3.05, 3.63) is 23.8 Å². The van der Waals surface area contributed by atoms with E-state index in [9.17, 15) is 19.5 Å². The van der Waals surface area contributed by atoms with Gasteiger partial charge in [0.05, 0.1) is 10.3 Å². The molecular formula is C23H28Cl2O5. The minimum absolute atomic E-state index is 0.000631. The van der Waals surface area contributed by atoms with Crippen LogP contribution in [0.5, 0.6) is 0 Å². The van der Waals surface area contributed by atoms with Crippen LogP contribution in [0.1, 0.15) is 52.9 Å². The SMILES string of the molecule is CC(=O)OCC(=O)[C@]1(O)CC[C@@H]2[C@H]3CCC4=CC(=O)C=C[C@]4(C)[C@]3(Cl)[C@@H](Cl)C[C@]21C. The topological polar surface area (TPSA) is 80.7 Å². The van der Waals surface area contributed by atoms with E-state index < -0.39 is 45.0 Å². The number of carbonyl (C=O) groups excluding carboxylic acids is 3. The van der Waals surface area contributed by atoms with Crippen LogP contribution in [0, 0.1) is 22.7 Å². The Labute approximate surface area is 186 Å². The molecule has 0 aromatic heterocycles. The Balaban J connectivity index is 1.72. The zero-order valence-corrected chi connectivity index (χ0v) is 19.1. The van der Waals surface area contributed by atoms with Gasteiger partial charge in [-0.2, -0.15) is 0 Å². The van der Waals surface area contributed by atoms with Gasteiger partial charge in [-0.05, 0) is 56.1 Å². The summed E-state index contributed by atoms with van der Waals surface area (Å²) in [5.74, 6) is -1.07. The molecule has 4 aliphatic carbocycles. The molecule has 1 N–H and O–H groups in total. The minimum Gasteiger partial charge on any atom is -0.458 e. The Morgan fingerprint density at radius 2 is 1.97 bits per heavy atom. The van der Waals surface area contributed by atoms with Gasteiger partial charge in [0.2, 0.25) is 5.78 Å². The molecule has 0 aliphatic heterocycles. The predicted octanol–water partition coefficient (Wildman–Crippen LogP) is 3.74. The molecule has 30 heavy (non-hydrogen) atoms. The van der Waals surface area contributed by atoms with Crippen LogP contribution in [0.3, 0.4) is 0 Å². The van der Waals surface area contributed by atoms with Gasteiger partial charge >= 0.3 is 5.97 Å². The highest BCUT2D eigenvalue weighted by Crippen LogP contribution is 2.71. The van der Waals surface area contributed by atoms with Gasteiger partial charge < -0.3 is 9.84 Å². The number of halogens is 2. The third-order valence-electron chi connectivity index (χ3n) is 8.62. The van der Waals surface area contributed by atoms with E-state index in [1.807, 2.05) is 19.9 Å². The number of alkyl halides is 2. The van der Waals surface area contributed by atoms with E-state index in [1.54, 1.807) is 12.2 Å². The lowest BCUT2D eigenvalue weighted by atomic mass is 9.46. The Morgan fingerprint density at radius 3 is 2.63 bits per heavy atom. The Morgan fingerprint density at radius 1 is 1.27 bits per heavy atom. The average Bonchev–Trinajstić information content (AvgIpc) is 2.94. The molecule has 7 atom stereocenters. The molecule has 0 aromatic carbocycles. The molecule has 7 heteroatoms. The predicted molar refractivity (Wildman–Crippen MR) is 113 cm³/mol. The number of hydrogen-bond donors (Lipinski definition) is 1. The summed E-state index contributed by atoms with van der Waals surface area (Å²) >= 11 is 14.4. The zero-order valence-electron chi connectivity index (χ0n) is 17.5. The maximum Gasteiger partial charge on any atom is 0.303 e. The highest BCUT2D eigenvalue weighted by atomic mass is 35.5. The third-order valence-corrected chi connectivity index (χ3v) is 10.2. The van der Waals surface area contributed by atoms with E-state index in [-0.39, 0.29) is 17.6 Å². The van der Waals surface area contributed by atoms with Crippen LogP contribution < -0.4 is 0 Å². The van der Waals surface area contributed by atoms with Gasteiger partial charge in [0.1, 0.15) is 5.60 Å². The van der Waals surface area contributed by atoms with Gasteiger partial charge in [-0.3, -0.25) is 14.4 Å². The quantitative estimate of drug-likeness (QED) is 0.518. The lowest BCUT2D eigenvalue weighted by Gasteiger charge is -2.63. The highest BCUT2D eigenvalue weighted by molar-refractivity contribution is 6.34. The van der Waals surface area contributed by atoms with E-state index in [4.69, 9.17) is 27.9 Å². The number of esters is 1. The first-order chi connectivity index (χ1) is 13.9. The summed E-state index contributed by atoms with van der Waals surface area (Å²) in [6.07, 6.45) is 7.97. The molecule has 0 unspecified atom stereocenters. The summed E-state index contributed by atoms with van der Waals surface area (Å²) in [5, 5.41) is 11.0. The summed E-state index contributed by atoms with van der Waals surface area (Å²) < 4.78 is 4.90. The summed E-state index contributed by atoms with van der Waals surface area (Å²) in [6.45, 7) is 4.78. The van der Waals surface area contributed by atoms with Crippen molar-refractivity contribution in [1.82, 2.24) is 0 Å². The second-order valence-electron chi connectivity index (χ2n) is 9.82. The van der Waals surface area contributed by atoms with Gasteiger partial charge in [0.25, 0.3) is 0 Å². The fourth-order valence-electron chi connectivity index (χ4n) is 6.89. The van der Waals surface area contributed by atoms with E-state index in [0.29, 0.717) is 19.3 Å². The highest BCUT2D eigenvalue weighted by Gasteiger charge is 2.72. The van der Waals surface area contributed by atoms with Crippen LogP contribution in [-0.2, 0) is 19.1 Å². The van der Waals surface area contributed by atoms with Crippen molar-refractivity contribution in [3.8, 4) is 0 Å². The molecule has 0 amide bonds. The molecule has 0 radical (unpaired) electrons. The number of fused-ring (bicyclic) bond motifs is 5. The fourth-order valence-corrected chi connectivity index (χ4v) is 8.13. The number of aliphatic hydroxyl groups is 1. The van der Waals surface area contributed by atoms with Crippen LogP contribution in [0.15, 0.2) is 23.8 Å². The number of ketones is 2. The van der Waals surface area contributed by atoms with Crippen LogP contribution in [-0.4, -0.2) is 45.1 Å². The minimum atomic E-state index is -1.60. The van der Waals surface area contributed by atoms with Crippen molar-refractivity contribution in [3.63, 3.8) is 0 Å². The lowest BCUT2D eigenvalue weighted by Crippen LogP contribution is -2.67. The number of allylic oxidation sites excluding steroid dienone is 4. The number of carbonyl (C=O) groups is 3. The van der Waals surface area contributed by atoms with Crippen molar-refractivity contribution in [2.24, 2.45) is 22.7 Å². The largest absolute Gasteiger partial charge is 0.458 e. The lowest BCUT2D eigenvalue weighted by molar-refractivity contribution is -0.167. The van der Waals surface area contributed by atoms with Crippen molar-refractivity contribution in [1.29, 1.82) is 0 Å². The van der Waals surface area contributed by atoms with Gasteiger partial charge in [0.15, 0.2) is 12.4 Å². The fraction of sp³-hybridized carbons (Fsp3) is 0.696. The molecule has 164 valence electrons. The molecular weight excluding hydrogens is 427 g/mol.